The summed E-state index contributed by atoms with van der Waals surface area (Å²) in [7, 11) is 0. The van der Waals surface area contributed by atoms with E-state index in [1.807, 2.05) is 35.7 Å². The average molecular weight is 358 g/mol. The Morgan fingerprint density at radius 1 is 1.32 bits per heavy atom. The Kier molecular flexibility index (Phi) is 4.44. The molecule has 0 bridgehead atoms. The molecule has 130 valence electrons. The molecule has 1 unspecified atom stereocenters. The number of hydrogen-bond acceptors (Lipinski definition) is 5. The van der Waals surface area contributed by atoms with Crippen molar-refractivity contribution in [2.24, 2.45) is 5.92 Å². The van der Waals surface area contributed by atoms with Crippen molar-refractivity contribution in [1.82, 2.24) is 19.6 Å². The molecule has 1 saturated heterocycles. The van der Waals surface area contributed by atoms with E-state index in [0.29, 0.717) is 23.3 Å². The lowest BCUT2D eigenvalue weighted by atomic mass is 9.99. The number of halogens is 1. The lowest BCUT2D eigenvalue weighted by molar-refractivity contribution is 0.228. The number of hydrogen-bond donors (Lipinski definition) is 0. The van der Waals surface area contributed by atoms with Gasteiger partial charge in [0.05, 0.1) is 11.6 Å². The highest BCUT2D eigenvalue weighted by Gasteiger charge is 2.23. The van der Waals surface area contributed by atoms with Gasteiger partial charge in [-0.15, -0.1) is 0 Å². The van der Waals surface area contributed by atoms with Gasteiger partial charge in [-0.1, -0.05) is 23.7 Å². The van der Waals surface area contributed by atoms with Gasteiger partial charge in [0.15, 0.2) is 0 Å². The second kappa shape index (κ2) is 6.88. The summed E-state index contributed by atoms with van der Waals surface area (Å²) in [6.07, 6.45) is 3.81. The Bertz CT molecular complexity index is 881. The number of para-hydroxylation sites is 1. The molecule has 4 rings (SSSR count). The molecule has 0 aliphatic carbocycles. The maximum absolute atomic E-state index is 6.18. The molecule has 3 aromatic rings. The number of aromatic nitrogens is 4. The van der Waals surface area contributed by atoms with Crippen LogP contribution in [0.25, 0.3) is 5.78 Å². The summed E-state index contributed by atoms with van der Waals surface area (Å²) in [6.45, 7) is 4.56. The lowest BCUT2D eigenvalue weighted by Crippen LogP contribution is -2.39. The maximum atomic E-state index is 6.18. The number of rotatable bonds is 4. The van der Waals surface area contributed by atoms with E-state index in [2.05, 4.69) is 26.0 Å². The van der Waals surface area contributed by atoms with E-state index < -0.39 is 0 Å². The lowest BCUT2D eigenvalue weighted by Gasteiger charge is -2.34. The Labute approximate surface area is 151 Å². The zero-order valence-electron chi connectivity index (χ0n) is 14.1. The second-order valence-corrected chi connectivity index (χ2v) is 6.83. The molecule has 1 aromatic carbocycles. The largest absolute Gasteiger partial charge is 0.492 e. The van der Waals surface area contributed by atoms with Crippen LogP contribution in [-0.4, -0.2) is 39.3 Å². The molecule has 2 aromatic heterocycles. The summed E-state index contributed by atoms with van der Waals surface area (Å²) in [4.78, 5) is 11.0. The topological polar surface area (TPSA) is 55.6 Å². The predicted molar refractivity (Wildman–Crippen MR) is 97.4 cm³/mol. The first-order chi connectivity index (χ1) is 12.2. The molecule has 6 nitrogen and oxygen atoms in total. The van der Waals surface area contributed by atoms with Crippen molar-refractivity contribution in [3.8, 4) is 5.75 Å². The van der Waals surface area contributed by atoms with Crippen molar-refractivity contribution in [3.05, 3.63) is 47.4 Å². The van der Waals surface area contributed by atoms with E-state index in [4.69, 9.17) is 16.3 Å². The number of nitrogens with zero attached hydrogens (tertiary/aromatic N) is 5. The number of benzene rings is 1. The van der Waals surface area contributed by atoms with Gasteiger partial charge in [0.2, 0.25) is 0 Å². The molecular formula is C18H20ClN5O. The van der Waals surface area contributed by atoms with E-state index in [1.165, 1.54) is 0 Å². The zero-order valence-corrected chi connectivity index (χ0v) is 14.9. The van der Waals surface area contributed by atoms with Crippen LogP contribution in [-0.2, 0) is 0 Å². The van der Waals surface area contributed by atoms with E-state index >= 15 is 0 Å². The minimum atomic E-state index is 0.442. The van der Waals surface area contributed by atoms with Gasteiger partial charge in [0, 0.05) is 30.8 Å². The van der Waals surface area contributed by atoms with Gasteiger partial charge in [-0.25, -0.2) is 4.98 Å². The standard InChI is InChI=1S/C18H20ClN5O/c1-13-9-17(24-18(22-13)20-12-21-24)23-8-4-5-14(10-23)11-25-16-7-3-2-6-15(16)19/h2-3,6-7,9,12,14H,4-5,8,10-11H2,1H3. The van der Waals surface area contributed by atoms with Crippen LogP contribution >= 0.6 is 11.6 Å². The van der Waals surface area contributed by atoms with E-state index in [-0.39, 0.29) is 0 Å². The van der Waals surface area contributed by atoms with Crippen LogP contribution in [0.4, 0.5) is 5.82 Å². The van der Waals surface area contributed by atoms with Crippen LogP contribution < -0.4 is 9.64 Å². The van der Waals surface area contributed by atoms with Crippen molar-refractivity contribution in [2.75, 3.05) is 24.6 Å². The summed E-state index contributed by atoms with van der Waals surface area (Å²) < 4.78 is 7.76. The Morgan fingerprint density at radius 3 is 3.08 bits per heavy atom. The van der Waals surface area contributed by atoms with Gasteiger partial charge in [0.1, 0.15) is 17.9 Å². The molecule has 1 aliphatic heterocycles. The predicted octanol–water partition coefficient (Wildman–Crippen LogP) is 3.38. The highest BCUT2D eigenvalue weighted by atomic mass is 35.5. The van der Waals surface area contributed by atoms with Crippen molar-refractivity contribution in [3.63, 3.8) is 0 Å². The molecule has 7 heteroatoms. The van der Waals surface area contributed by atoms with Gasteiger partial charge in [-0.3, -0.25) is 0 Å². The Balaban J connectivity index is 1.49. The molecule has 1 atom stereocenters. The minimum absolute atomic E-state index is 0.442. The molecule has 0 radical (unpaired) electrons. The molecule has 1 aliphatic rings. The molecular weight excluding hydrogens is 338 g/mol. The number of ether oxygens (including phenoxy) is 1. The average Bonchev–Trinajstić information content (AvgIpc) is 3.09. The van der Waals surface area contributed by atoms with Crippen LogP contribution in [0.2, 0.25) is 5.02 Å². The minimum Gasteiger partial charge on any atom is -0.492 e. The van der Waals surface area contributed by atoms with Crippen molar-refractivity contribution in [2.45, 2.75) is 19.8 Å². The fraction of sp³-hybridized carbons (Fsp3) is 0.389. The highest BCUT2D eigenvalue weighted by Crippen LogP contribution is 2.27. The molecule has 0 amide bonds. The number of aryl methyl sites for hydroxylation is 1. The monoisotopic (exact) mass is 357 g/mol. The van der Waals surface area contributed by atoms with E-state index in [0.717, 1.165) is 43.2 Å². The molecule has 1 fully saturated rings. The SMILES string of the molecule is Cc1cc(N2CCCC(COc3ccccc3Cl)C2)n2ncnc2n1. The number of fused-ring (bicyclic) bond motifs is 1. The highest BCUT2D eigenvalue weighted by molar-refractivity contribution is 6.32. The number of piperidine rings is 1. The van der Waals surface area contributed by atoms with Crippen LogP contribution in [0.15, 0.2) is 36.7 Å². The third kappa shape index (κ3) is 3.39. The summed E-state index contributed by atoms with van der Waals surface area (Å²) >= 11 is 6.18. The van der Waals surface area contributed by atoms with E-state index in [1.54, 1.807) is 6.33 Å². The normalized spacial score (nSPS) is 17.8. The van der Waals surface area contributed by atoms with Crippen molar-refractivity contribution in [1.29, 1.82) is 0 Å². The summed E-state index contributed by atoms with van der Waals surface area (Å²) in [5.74, 6) is 2.88. The van der Waals surface area contributed by atoms with Crippen LogP contribution in [0.3, 0.4) is 0 Å². The van der Waals surface area contributed by atoms with Gasteiger partial charge >= 0.3 is 0 Å². The first-order valence-corrected chi connectivity index (χ1v) is 8.88. The van der Waals surface area contributed by atoms with Gasteiger partial charge in [-0.2, -0.15) is 14.6 Å². The smallest absolute Gasteiger partial charge is 0.254 e. The summed E-state index contributed by atoms with van der Waals surface area (Å²) in [5, 5.41) is 4.97. The fourth-order valence-electron chi connectivity index (χ4n) is 3.32. The fourth-order valence-corrected chi connectivity index (χ4v) is 3.51. The first kappa shape index (κ1) is 16.1. The van der Waals surface area contributed by atoms with Gasteiger partial charge < -0.3 is 9.64 Å². The quantitative estimate of drug-likeness (QED) is 0.716. The van der Waals surface area contributed by atoms with Crippen LogP contribution in [0.5, 0.6) is 5.75 Å². The summed E-state index contributed by atoms with van der Waals surface area (Å²) in [6, 6.07) is 9.68. The van der Waals surface area contributed by atoms with Crippen molar-refractivity contribution < 1.29 is 4.74 Å². The Hall–Kier alpha value is -2.34. The second-order valence-electron chi connectivity index (χ2n) is 6.42. The van der Waals surface area contributed by atoms with Crippen LogP contribution in [0.1, 0.15) is 18.5 Å². The van der Waals surface area contributed by atoms with E-state index in [9.17, 15) is 0 Å². The molecule has 3 heterocycles. The number of anilines is 1. The zero-order chi connectivity index (χ0) is 17.2. The molecule has 0 spiro atoms. The van der Waals surface area contributed by atoms with Gasteiger partial charge in [0.25, 0.3) is 5.78 Å². The van der Waals surface area contributed by atoms with Crippen LogP contribution in [0, 0.1) is 12.8 Å². The molecule has 25 heavy (non-hydrogen) atoms. The first-order valence-electron chi connectivity index (χ1n) is 8.50. The molecule has 0 saturated carbocycles. The van der Waals surface area contributed by atoms with Gasteiger partial charge in [-0.05, 0) is 31.9 Å². The third-order valence-electron chi connectivity index (χ3n) is 4.52. The van der Waals surface area contributed by atoms with Crippen molar-refractivity contribution >= 4 is 23.2 Å². The third-order valence-corrected chi connectivity index (χ3v) is 4.83. The molecule has 0 N–H and O–H groups in total. The Morgan fingerprint density at radius 2 is 2.20 bits per heavy atom. The summed E-state index contributed by atoms with van der Waals surface area (Å²) in [5.41, 5.74) is 0.949. The maximum Gasteiger partial charge on any atom is 0.254 e.